The summed E-state index contributed by atoms with van der Waals surface area (Å²) in [5, 5.41) is 16.4. The molecule has 0 saturated carbocycles. The summed E-state index contributed by atoms with van der Waals surface area (Å²) in [5.41, 5.74) is 3.00. The number of aryl methyl sites for hydroxylation is 2. The summed E-state index contributed by atoms with van der Waals surface area (Å²) in [7, 11) is 1.87. The van der Waals surface area contributed by atoms with Crippen molar-refractivity contribution in [2.45, 2.75) is 33.6 Å². The Labute approximate surface area is 127 Å². The molecule has 2 aromatic rings. The number of carbonyl (C=O) groups excluding carboxylic acids is 2. The lowest BCUT2D eigenvalue weighted by Gasteiger charge is -2.04. The fourth-order valence-electron chi connectivity index (χ4n) is 2.13. The van der Waals surface area contributed by atoms with Gasteiger partial charge < -0.3 is 10.6 Å². The molecule has 0 radical (unpaired) electrons. The van der Waals surface area contributed by atoms with Crippen molar-refractivity contribution >= 4 is 23.5 Å². The first-order valence-electron chi connectivity index (χ1n) is 6.77. The van der Waals surface area contributed by atoms with E-state index in [-0.39, 0.29) is 29.9 Å². The zero-order chi connectivity index (χ0) is 16.3. The van der Waals surface area contributed by atoms with Gasteiger partial charge in [0.25, 0.3) is 0 Å². The summed E-state index contributed by atoms with van der Waals surface area (Å²) in [5.74, 6) is -0.382. The predicted octanol–water partition coefficient (Wildman–Crippen LogP) is 0.950. The van der Waals surface area contributed by atoms with Crippen molar-refractivity contribution in [3.63, 3.8) is 0 Å². The van der Waals surface area contributed by atoms with Gasteiger partial charge in [-0.2, -0.15) is 5.10 Å². The second-order valence-corrected chi connectivity index (χ2v) is 4.96. The van der Waals surface area contributed by atoms with Crippen LogP contribution in [-0.4, -0.2) is 31.9 Å². The summed E-state index contributed by atoms with van der Waals surface area (Å²) in [4.78, 5) is 23.0. The van der Waals surface area contributed by atoms with E-state index in [4.69, 9.17) is 0 Å². The molecule has 0 aromatic carbocycles. The summed E-state index contributed by atoms with van der Waals surface area (Å²) >= 11 is 0. The van der Waals surface area contributed by atoms with Crippen LogP contribution in [0.2, 0.25) is 0 Å². The minimum Gasteiger partial charge on any atom is -0.305 e. The molecule has 0 saturated heterocycles. The third-order valence-electron chi connectivity index (χ3n) is 3.30. The molecular weight excluding hydrogens is 288 g/mol. The van der Waals surface area contributed by atoms with Gasteiger partial charge in [0.1, 0.15) is 0 Å². The quantitative estimate of drug-likeness (QED) is 0.849. The van der Waals surface area contributed by atoms with Gasteiger partial charge in [-0.15, -0.1) is 0 Å². The molecule has 2 heterocycles. The van der Waals surface area contributed by atoms with E-state index in [1.807, 2.05) is 20.9 Å². The Balaban J connectivity index is 1.96. The van der Waals surface area contributed by atoms with Gasteiger partial charge in [-0.05, 0) is 36.1 Å². The molecule has 0 aliphatic rings. The summed E-state index contributed by atoms with van der Waals surface area (Å²) < 4.78 is 6.30. The smallest absolute Gasteiger partial charge is 0.226 e. The van der Waals surface area contributed by atoms with Crippen molar-refractivity contribution in [2.24, 2.45) is 7.05 Å². The van der Waals surface area contributed by atoms with Crippen LogP contribution < -0.4 is 10.6 Å². The SMILES string of the molecule is CC(=O)Nc1nonc1NC(=O)CCc1c(C)nn(C)c1C. The molecule has 2 aromatic heterocycles. The van der Waals surface area contributed by atoms with E-state index in [0.29, 0.717) is 6.42 Å². The molecule has 2 N–H and O–H groups in total. The number of aromatic nitrogens is 4. The molecule has 0 spiro atoms. The Kier molecular flexibility index (Phi) is 4.54. The van der Waals surface area contributed by atoms with E-state index in [2.05, 4.69) is 30.7 Å². The fraction of sp³-hybridized carbons (Fsp3) is 0.462. The van der Waals surface area contributed by atoms with Gasteiger partial charge >= 0.3 is 0 Å². The monoisotopic (exact) mass is 306 g/mol. The van der Waals surface area contributed by atoms with Crippen molar-refractivity contribution in [1.29, 1.82) is 0 Å². The van der Waals surface area contributed by atoms with Crippen molar-refractivity contribution in [2.75, 3.05) is 10.6 Å². The fourth-order valence-corrected chi connectivity index (χ4v) is 2.13. The van der Waals surface area contributed by atoms with Gasteiger partial charge in [0.2, 0.25) is 23.5 Å². The number of amides is 2. The minimum absolute atomic E-state index is 0.0922. The maximum Gasteiger partial charge on any atom is 0.226 e. The number of rotatable bonds is 5. The van der Waals surface area contributed by atoms with Gasteiger partial charge in [0.05, 0.1) is 5.69 Å². The van der Waals surface area contributed by atoms with Crippen LogP contribution in [0.3, 0.4) is 0 Å². The standard InChI is InChI=1S/C13H18N6O3/c1-7-10(8(2)19(4)16-7)5-6-11(21)15-13-12(14-9(3)20)17-22-18-13/h5-6H2,1-4H3,(H,14,17,20)(H,15,18,21). The highest BCUT2D eigenvalue weighted by molar-refractivity contribution is 5.96. The van der Waals surface area contributed by atoms with E-state index in [0.717, 1.165) is 17.0 Å². The third kappa shape index (κ3) is 3.48. The molecule has 0 bridgehead atoms. The van der Waals surface area contributed by atoms with E-state index in [9.17, 15) is 9.59 Å². The number of nitrogens with one attached hydrogen (secondary N) is 2. The largest absolute Gasteiger partial charge is 0.305 e. The molecule has 0 atom stereocenters. The zero-order valence-electron chi connectivity index (χ0n) is 12.9. The lowest BCUT2D eigenvalue weighted by molar-refractivity contribution is -0.116. The van der Waals surface area contributed by atoms with Crippen LogP contribution in [-0.2, 0) is 23.1 Å². The van der Waals surface area contributed by atoms with Crippen LogP contribution in [0.1, 0.15) is 30.3 Å². The molecule has 0 fully saturated rings. The van der Waals surface area contributed by atoms with E-state index in [1.54, 1.807) is 4.68 Å². The second-order valence-electron chi connectivity index (χ2n) is 4.96. The Bertz CT molecular complexity index is 703. The Hall–Kier alpha value is -2.71. The van der Waals surface area contributed by atoms with Gasteiger partial charge in [-0.3, -0.25) is 14.3 Å². The number of hydrogen-bond acceptors (Lipinski definition) is 6. The highest BCUT2D eigenvalue weighted by Crippen LogP contribution is 2.17. The lowest BCUT2D eigenvalue weighted by atomic mass is 10.1. The van der Waals surface area contributed by atoms with Crippen LogP contribution >= 0.6 is 0 Å². The normalized spacial score (nSPS) is 10.5. The number of anilines is 2. The Morgan fingerprint density at radius 1 is 1.18 bits per heavy atom. The van der Waals surface area contributed by atoms with Crippen LogP contribution in [0, 0.1) is 13.8 Å². The van der Waals surface area contributed by atoms with Crippen molar-refractivity contribution in [1.82, 2.24) is 20.1 Å². The maximum atomic E-state index is 12.0. The van der Waals surface area contributed by atoms with Gasteiger partial charge in [0.15, 0.2) is 0 Å². The van der Waals surface area contributed by atoms with E-state index >= 15 is 0 Å². The molecule has 22 heavy (non-hydrogen) atoms. The molecule has 9 nitrogen and oxygen atoms in total. The van der Waals surface area contributed by atoms with Crippen molar-refractivity contribution < 1.29 is 14.2 Å². The first-order valence-corrected chi connectivity index (χ1v) is 6.77. The number of carbonyl (C=O) groups is 2. The van der Waals surface area contributed by atoms with Crippen LogP contribution in [0.5, 0.6) is 0 Å². The topological polar surface area (TPSA) is 115 Å². The number of hydrogen-bond donors (Lipinski definition) is 2. The minimum atomic E-state index is -0.326. The second kappa shape index (κ2) is 6.37. The van der Waals surface area contributed by atoms with Crippen molar-refractivity contribution in [3.8, 4) is 0 Å². The highest BCUT2D eigenvalue weighted by Gasteiger charge is 2.16. The molecular formula is C13H18N6O3. The van der Waals surface area contributed by atoms with E-state index in [1.165, 1.54) is 6.92 Å². The van der Waals surface area contributed by atoms with Gasteiger partial charge in [-0.1, -0.05) is 0 Å². The van der Waals surface area contributed by atoms with Crippen LogP contribution in [0.25, 0.3) is 0 Å². The summed E-state index contributed by atoms with van der Waals surface area (Å²) in [6.45, 7) is 5.20. The van der Waals surface area contributed by atoms with Crippen LogP contribution in [0.15, 0.2) is 4.63 Å². The first-order chi connectivity index (χ1) is 10.4. The lowest BCUT2D eigenvalue weighted by Crippen LogP contribution is -2.15. The highest BCUT2D eigenvalue weighted by atomic mass is 16.6. The zero-order valence-corrected chi connectivity index (χ0v) is 12.9. The molecule has 0 unspecified atom stereocenters. The third-order valence-corrected chi connectivity index (χ3v) is 3.30. The maximum absolute atomic E-state index is 12.0. The molecule has 2 rings (SSSR count). The first kappa shape index (κ1) is 15.7. The average molecular weight is 306 g/mol. The predicted molar refractivity (Wildman–Crippen MR) is 78.2 cm³/mol. The molecule has 0 aliphatic carbocycles. The van der Waals surface area contributed by atoms with Crippen LogP contribution in [0.4, 0.5) is 11.6 Å². The molecule has 0 aliphatic heterocycles. The summed E-state index contributed by atoms with van der Waals surface area (Å²) in [6, 6.07) is 0. The Morgan fingerprint density at radius 2 is 1.82 bits per heavy atom. The van der Waals surface area contributed by atoms with Gasteiger partial charge in [0, 0.05) is 26.1 Å². The van der Waals surface area contributed by atoms with E-state index < -0.39 is 0 Å². The number of nitrogens with zero attached hydrogens (tertiary/aromatic N) is 4. The molecule has 2 amide bonds. The molecule has 118 valence electrons. The summed E-state index contributed by atoms with van der Waals surface area (Å²) in [6.07, 6.45) is 0.831. The van der Waals surface area contributed by atoms with Gasteiger partial charge in [-0.25, -0.2) is 4.63 Å². The molecule has 9 heteroatoms. The van der Waals surface area contributed by atoms with Crippen molar-refractivity contribution in [3.05, 3.63) is 17.0 Å². The average Bonchev–Trinajstić information content (AvgIpc) is 2.94. The Morgan fingerprint density at radius 3 is 2.36 bits per heavy atom.